The van der Waals surface area contributed by atoms with E-state index in [1.807, 2.05) is 0 Å². The highest BCUT2D eigenvalue weighted by atomic mass is 35.5. The molecule has 0 aromatic heterocycles. The van der Waals surface area contributed by atoms with Crippen molar-refractivity contribution in [3.8, 4) is 6.07 Å². The van der Waals surface area contributed by atoms with Gasteiger partial charge in [0.15, 0.2) is 0 Å². The number of benzene rings is 1. The van der Waals surface area contributed by atoms with Gasteiger partial charge in [0.1, 0.15) is 6.07 Å². The highest BCUT2D eigenvalue weighted by Crippen LogP contribution is 2.22. The Kier molecular flexibility index (Phi) is 5.30. The minimum atomic E-state index is -0.866. The summed E-state index contributed by atoms with van der Waals surface area (Å²) in [5.74, 6) is -1.63. The number of nitriles is 1. The van der Waals surface area contributed by atoms with E-state index in [-0.39, 0.29) is 15.6 Å². The maximum atomic E-state index is 11.6. The van der Waals surface area contributed by atoms with Gasteiger partial charge in [0.2, 0.25) is 5.71 Å². The fourth-order valence-electron chi connectivity index (χ4n) is 0.994. The van der Waals surface area contributed by atoms with Crippen molar-refractivity contribution in [2.24, 2.45) is 5.16 Å². The summed E-state index contributed by atoms with van der Waals surface area (Å²) in [7, 11) is 1.32. The summed E-state index contributed by atoms with van der Waals surface area (Å²) in [5.41, 5.74) is -0.483. The van der Waals surface area contributed by atoms with Crippen molar-refractivity contribution >= 4 is 40.8 Å². The molecule has 1 rings (SSSR count). The van der Waals surface area contributed by atoms with E-state index in [1.54, 1.807) is 0 Å². The van der Waals surface area contributed by atoms with Crippen molar-refractivity contribution < 1.29 is 14.4 Å². The second kappa shape index (κ2) is 6.73. The summed E-state index contributed by atoms with van der Waals surface area (Å²) < 4.78 is 0. The van der Waals surface area contributed by atoms with E-state index in [2.05, 4.69) is 15.3 Å². The van der Waals surface area contributed by atoms with Crippen LogP contribution in [-0.4, -0.2) is 24.6 Å². The molecule has 1 aromatic carbocycles. The fraction of sp³-hybridized carbons (Fsp3) is 0.0909. The van der Waals surface area contributed by atoms with Crippen molar-refractivity contribution in [1.29, 1.82) is 5.26 Å². The molecule has 1 N–H and O–H groups in total. The van der Waals surface area contributed by atoms with Crippen LogP contribution in [0.3, 0.4) is 0 Å². The van der Waals surface area contributed by atoms with Gasteiger partial charge in [-0.1, -0.05) is 28.4 Å². The summed E-state index contributed by atoms with van der Waals surface area (Å²) in [4.78, 5) is 27.1. The SMILES string of the molecule is CNC(=O)C(C#N)=NOC(=O)c1ccc(Cl)c(Cl)c1. The quantitative estimate of drug-likeness (QED) is 0.523. The van der Waals surface area contributed by atoms with Gasteiger partial charge >= 0.3 is 5.97 Å². The fourth-order valence-corrected chi connectivity index (χ4v) is 1.29. The third kappa shape index (κ3) is 3.95. The van der Waals surface area contributed by atoms with Crippen LogP contribution >= 0.6 is 23.2 Å². The molecule has 0 saturated heterocycles. The summed E-state index contributed by atoms with van der Waals surface area (Å²) >= 11 is 11.4. The van der Waals surface area contributed by atoms with E-state index in [9.17, 15) is 9.59 Å². The van der Waals surface area contributed by atoms with E-state index in [4.69, 9.17) is 28.5 Å². The molecule has 0 spiro atoms. The first-order valence-electron chi connectivity index (χ1n) is 4.86. The monoisotopic (exact) mass is 299 g/mol. The number of rotatable bonds is 3. The average molecular weight is 300 g/mol. The van der Waals surface area contributed by atoms with Crippen molar-refractivity contribution in [2.45, 2.75) is 0 Å². The lowest BCUT2D eigenvalue weighted by molar-refractivity contribution is -0.114. The van der Waals surface area contributed by atoms with Gasteiger partial charge < -0.3 is 10.2 Å². The standard InChI is InChI=1S/C11H7Cl2N3O3/c1-15-10(17)9(5-14)16-19-11(18)6-2-3-7(12)8(13)4-6/h2-4H,1H3,(H,15,17). The lowest BCUT2D eigenvalue weighted by Crippen LogP contribution is -2.26. The van der Waals surface area contributed by atoms with Crippen LogP contribution in [0, 0.1) is 11.3 Å². The highest BCUT2D eigenvalue weighted by Gasteiger charge is 2.13. The van der Waals surface area contributed by atoms with Gasteiger partial charge in [0.05, 0.1) is 15.6 Å². The summed E-state index contributed by atoms with van der Waals surface area (Å²) in [6, 6.07) is 5.56. The molecular formula is C11H7Cl2N3O3. The molecule has 0 unspecified atom stereocenters. The van der Waals surface area contributed by atoms with Crippen LogP contribution < -0.4 is 5.32 Å². The van der Waals surface area contributed by atoms with E-state index in [0.29, 0.717) is 0 Å². The van der Waals surface area contributed by atoms with E-state index in [0.717, 1.165) is 0 Å². The van der Waals surface area contributed by atoms with Crippen LogP contribution in [0.25, 0.3) is 0 Å². The number of hydrogen-bond donors (Lipinski definition) is 1. The molecule has 0 radical (unpaired) electrons. The average Bonchev–Trinajstić information content (AvgIpc) is 2.41. The lowest BCUT2D eigenvalue weighted by Gasteiger charge is -2.00. The van der Waals surface area contributed by atoms with Gasteiger partial charge in [-0.05, 0) is 18.2 Å². The number of carbonyl (C=O) groups excluding carboxylic acids is 2. The van der Waals surface area contributed by atoms with Gasteiger partial charge in [-0.2, -0.15) is 5.26 Å². The molecule has 6 nitrogen and oxygen atoms in total. The van der Waals surface area contributed by atoms with Crippen LogP contribution in [0.15, 0.2) is 23.4 Å². The Morgan fingerprint density at radius 3 is 2.58 bits per heavy atom. The number of carbonyl (C=O) groups is 2. The predicted molar refractivity (Wildman–Crippen MR) is 69.0 cm³/mol. The van der Waals surface area contributed by atoms with Gasteiger partial charge in [0.25, 0.3) is 5.91 Å². The zero-order valence-corrected chi connectivity index (χ0v) is 11.1. The molecule has 19 heavy (non-hydrogen) atoms. The Morgan fingerprint density at radius 1 is 1.37 bits per heavy atom. The largest absolute Gasteiger partial charge is 0.365 e. The molecule has 0 atom stereocenters. The van der Waals surface area contributed by atoms with Crippen LogP contribution in [-0.2, 0) is 9.63 Å². The van der Waals surface area contributed by atoms with Crippen molar-refractivity contribution in [3.05, 3.63) is 33.8 Å². The summed E-state index contributed by atoms with van der Waals surface area (Å²) in [5, 5.41) is 14.4. The zero-order chi connectivity index (χ0) is 14.4. The Balaban J connectivity index is 2.86. The number of nitrogens with one attached hydrogen (secondary N) is 1. The second-order valence-corrected chi connectivity index (χ2v) is 3.95. The predicted octanol–water partition coefficient (Wildman–Crippen LogP) is 1.78. The molecule has 98 valence electrons. The molecule has 0 aliphatic carbocycles. The second-order valence-electron chi connectivity index (χ2n) is 3.14. The highest BCUT2D eigenvalue weighted by molar-refractivity contribution is 6.45. The smallest absolute Gasteiger partial charge is 0.353 e. The van der Waals surface area contributed by atoms with Crippen molar-refractivity contribution in [3.63, 3.8) is 0 Å². The van der Waals surface area contributed by atoms with Gasteiger partial charge in [-0.25, -0.2) is 4.79 Å². The number of nitrogens with zero attached hydrogens (tertiary/aromatic N) is 2. The van der Waals surface area contributed by atoms with Crippen LogP contribution in [0.5, 0.6) is 0 Å². The van der Waals surface area contributed by atoms with E-state index in [1.165, 1.54) is 31.3 Å². The Morgan fingerprint density at radius 2 is 2.05 bits per heavy atom. The zero-order valence-electron chi connectivity index (χ0n) is 9.61. The van der Waals surface area contributed by atoms with E-state index >= 15 is 0 Å². The lowest BCUT2D eigenvalue weighted by atomic mass is 10.2. The molecule has 0 bridgehead atoms. The van der Waals surface area contributed by atoms with Crippen molar-refractivity contribution in [2.75, 3.05) is 7.05 Å². The normalized spacial score (nSPS) is 10.5. The molecule has 1 amide bonds. The molecule has 0 aliphatic heterocycles. The Bertz CT molecular complexity index is 593. The Hall–Kier alpha value is -2.10. The summed E-state index contributed by atoms with van der Waals surface area (Å²) in [6.07, 6.45) is 0. The van der Waals surface area contributed by atoms with Crippen LogP contribution in [0.2, 0.25) is 10.0 Å². The molecule has 1 aromatic rings. The maximum Gasteiger partial charge on any atom is 0.365 e. The summed E-state index contributed by atoms with van der Waals surface area (Å²) in [6.45, 7) is 0. The minimum Gasteiger partial charge on any atom is -0.353 e. The number of hydrogen-bond acceptors (Lipinski definition) is 5. The minimum absolute atomic E-state index is 0.0901. The molecular weight excluding hydrogens is 293 g/mol. The molecule has 0 fully saturated rings. The topological polar surface area (TPSA) is 91.6 Å². The first-order chi connectivity index (χ1) is 8.99. The van der Waals surface area contributed by atoms with E-state index < -0.39 is 17.6 Å². The van der Waals surface area contributed by atoms with Gasteiger partial charge in [-0.3, -0.25) is 4.79 Å². The number of halogens is 2. The first kappa shape index (κ1) is 15.0. The van der Waals surface area contributed by atoms with Gasteiger partial charge in [-0.15, -0.1) is 0 Å². The number of oxime groups is 1. The maximum absolute atomic E-state index is 11.6. The third-order valence-electron chi connectivity index (χ3n) is 1.92. The Labute approximate surface area is 118 Å². The number of amides is 1. The van der Waals surface area contributed by atoms with Crippen LogP contribution in [0.4, 0.5) is 0 Å². The molecule has 0 heterocycles. The van der Waals surface area contributed by atoms with Crippen molar-refractivity contribution in [1.82, 2.24) is 5.32 Å². The van der Waals surface area contributed by atoms with Gasteiger partial charge in [0, 0.05) is 7.05 Å². The molecule has 0 saturated carbocycles. The molecule has 8 heteroatoms. The van der Waals surface area contributed by atoms with Crippen LogP contribution in [0.1, 0.15) is 10.4 Å². The third-order valence-corrected chi connectivity index (χ3v) is 2.66. The first-order valence-corrected chi connectivity index (χ1v) is 5.61. The molecule has 0 aliphatic rings.